The van der Waals surface area contributed by atoms with E-state index in [1.165, 1.54) is 19.3 Å². The summed E-state index contributed by atoms with van der Waals surface area (Å²) in [5, 5.41) is 6.72. The summed E-state index contributed by atoms with van der Waals surface area (Å²) >= 11 is 0. The van der Waals surface area contributed by atoms with Crippen LogP contribution >= 0.6 is 0 Å². The molecule has 6 heteroatoms. The Hall–Kier alpha value is -2.24. The van der Waals surface area contributed by atoms with E-state index in [0.29, 0.717) is 24.5 Å². The number of methoxy groups -OCH3 is 1. The Kier molecular flexibility index (Phi) is 7.75. The molecule has 1 aromatic rings. The van der Waals surface area contributed by atoms with E-state index in [2.05, 4.69) is 17.6 Å². The van der Waals surface area contributed by atoms with Crippen molar-refractivity contribution < 1.29 is 9.53 Å². The molecule has 1 fully saturated rings. The quantitative estimate of drug-likeness (QED) is 0.604. The van der Waals surface area contributed by atoms with Crippen molar-refractivity contribution in [2.75, 3.05) is 27.7 Å². The minimum absolute atomic E-state index is 0.0255. The van der Waals surface area contributed by atoms with Gasteiger partial charge in [-0.15, -0.1) is 0 Å². The largest absolute Gasteiger partial charge is 0.497 e. The van der Waals surface area contributed by atoms with Gasteiger partial charge in [0.15, 0.2) is 5.96 Å². The fourth-order valence-electron chi connectivity index (χ4n) is 3.12. The van der Waals surface area contributed by atoms with Crippen LogP contribution in [-0.2, 0) is 11.3 Å². The van der Waals surface area contributed by atoms with Gasteiger partial charge in [-0.25, -0.2) is 4.99 Å². The molecule has 0 aliphatic heterocycles. The number of likely N-dealkylation sites (N-methyl/N-ethyl adjacent to an activating group) is 1. The van der Waals surface area contributed by atoms with Gasteiger partial charge in [0.2, 0.25) is 5.91 Å². The van der Waals surface area contributed by atoms with Crippen molar-refractivity contribution in [3.8, 4) is 5.75 Å². The predicted molar refractivity (Wildman–Crippen MR) is 105 cm³/mol. The molecule has 26 heavy (non-hydrogen) atoms. The number of hydrogen-bond acceptors (Lipinski definition) is 3. The SMILES string of the molecule is COc1cccc(CN=C(NCC(=O)N(C)C)NC2CCCCC2C)c1. The normalized spacial score (nSPS) is 20.4. The molecule has 1 amide bonds. The molecule has 1 saturated carbocycles. The number of aliphatic imine (C=N–C) groups is 1. The first-order chi connectivity index (χ1) is 12.5. The number of nitrogens with zero attached hydrogens (tertiary/aromatic N) is 2. The van der Waals surface area contributed by atoms with Crippen molar-refractivity contribution in [1.29, 1.82) is 0 Å². The lowest BCUT2D eigenvalue weighted by molar-refractivity contribution is -0.127. The number of nitrogens with one attached hydrogen (secondary N) is 2. The van der Waals surface area contributed by atoms with Crippen LogP contribution in [0.5, 0.6) is 5.75 Å². The minimum Gasteiger partial charge on any atom is -0.497 e. The van der Waals surface area contributed by atoms with Crippen molar-refractivity contribution in [2.45, 2.75) is 45.2 Å². The highest BCUT2D eigenvalue weighted by atomic mass is 16.5. The van der Waals surface area contributed by atoms with Crippen LogP contribution in [0.15, 0.2) is 29.3 Å². The average molecular weight is 361 g/mol. The smallest absolute Gasteiger partial charge is 0.241 e. The molecule has 0 saturated heterocycles. The topological polar surface area (TPSA) is 66.0 Å². The summed E-state index contributed by atoms with van der Waals surface area (Å²) < 4.78 is 5.27. The van der Waals surface area contributed by atoms with Crippen molar-refractivity contribution in [3.63, 3.8) is 0 Å². The monoisotopic (exact) mass is 360 g/mol. The molecule has 1 aliphatic rings. The Balaban J connectivity index is 2.05. The van der Waals surface area contributed by atoms with Crippen molar-refractivity contribution in [1.82, 2.24) is 15.5 Å². The predicted octanol–water partition coefficient (Wildman–Crippen LogP) is 2.40. The maximum atomic E-state index is 11.9. The molecule has 2 N–H and O–H groups in total. The molecule has 6 nitrogen and oxygen atoms in total. The third-order valence-corrected chi connectivity index (χ3v) is 4.89. The fourth-order valence-corrected chi connectivity index (χ4v) is 3.12. The summed E-state index contributed by atoms with van der Waals surface area (Å²) in [6.07, 6.45) is 4.91. The molecule has 0 radical (unpaired) electrons. The number of ether oxygens (including phenoxy) is 1. The van der Waals surface area contributed by atoms with Crippen LogP contribution in [-0.4, -0.2) is 50.6 Å². The highest BCUT2D eigenvalue weighted by Crippen LogP contribution is 2.23. The van der Waals surface area contributed by atoms with E-state index in [-0.39, 0.29) is 12.5 Å². The maximum Gasteiger partial charge on any atom is 0.241 e. The summed E-state index contributed by atoms with van der Waals surface area (Å²) in [5.74, 6) is 2.15. The van der Waals surface area contributed by atoms with Crippen LogP contribution in [0.1, 0.15) is 38.2 Å². The summed E-state index contributed by atoms with van der Waals surface area (Å²) in [5.41, 5.74) is 1.07. The summed E-state index contributed by atoms with van der Waals surface area (Å²) in [6, 6.07) is 8.29. The molecule has 0 spiro atoms. The lowest BCUT2D eigenvalue weighted by Crippen LogP contribution is -2.49. The van der Waals surface area contributed by atoms with Crippen LogP contribution < -0.4 is 15.4 Å². The summed E-state index contributed by atoms with van der Waals surface area (Å²) in [4.78, 5) is 18.2. The number of rotatable bonds is 6. The maximum absolute atomic E-state index is 11.9. The second-order valence-electron chi connectivity index (χ2n) is 7.17. The first-order valence-electron chi connectivity index (χ1n) is 9.37. The summed E-state index contributed by atoms with van der Waals surface area (Å²) in [6.45, 7) is 3.04. The van der Waals surface area contributed by atoms with Gasteiger partial charge in [0.05, 0.1) is 20.2 Å². The van der Waals surface area contributed by atoms with Gasteiger partial charge in [0.25, 0.3) is 0 Å². The van der Waals surface area contributed by atoms with E-state index in [1.54, 1.807) is 26.1 Å². The van der Waals surface area contributed by atoms with Crippen LogP contribution in [0.3, 0.4) is 0 Å². The Morgan fingerprint density at radius 1 is 1.31 bits per heavy atom. The van der Waals surface area contributed by atoms with Gasteiger partial charge in [-0.1, -0.05) is 31.9 Å². The minimum atomic E-state index is 0.0255. The molecule has 0 heterocycles. The number of hydrogen-bond donors (Lipinski definition) is 2. The lowest BCUT2D eigenvalue weighted by atomic mass is 9.86. The highest BCUT2D eigenvalue weighted by molar-refractivity contribution is 5.86. The van der Waals surface area contributed by atoms with E-state index in [1.807, 2.05) is 24.3 Å². The standard InChI is InChI=1S/C20H32N4O2/c1-15-8-5-6-11-18(15)23-20(22-14-19(25)24(2)3)21-13-16-9-7-10-17(12-16)26-4/h7,9-10,12,15,18H,5-6,8,11,13-14H2,1-4H3,(H2,21,22,23). The van der Waals surface area contributed by atoms with Gasteiger partial charge in [-0.05, 0) is 36.5 Å². The number of amides is 1. The molecular weight excluding hydrogens is 328 g/mol. The highest BCUT2D eigenvalue weighted by Gasteiger charge is 2.22. The first-order valence-corrected chi connectivity index (χ1v) is 9.37. The molecule has 0 bridgehead atoms. The Labute approximate surface area is 157 Å². The number of guanidine groups is 1. The number of carbonyl (C=O) groups is 1. The zero-order valence-corrected chi connectivity index (χ0v) is 16.4. The van der Waals surface area contributed by atoms with Gasteiger partial charge in [0.1, 0.15) is 5.75 Å². The lowest BCUT2D eigenvalue weighted by Gasteiger charge is -2.31. The molecule has 2 unspecified atom stereocenters. The molecule has 144 valence electrons. The van der Waals surface area contributed by atoms with E-state index >= 15 is 0 Å². The van der Waals surface area contributed by atoms with Crippen LogP contribution in [0, 0.1) is 5.92 Å². The number of benzene rings is 1. The van der Waals surface area contributed by atoms with Gasteiger partial charge in [0, 0.05) is 20.1 Å². The van der Waals surface area contributed by atoms with Crippen LogP contribution in [0.25, 0.3) is 0 Å². The van der Waals surface area contributed by atoms with Crippen molar-refractivity contribution >= 4 is 11.9 Å². The number of carbonyl (C=O) groups excluding carboxylic acids is 1. The van der Waals surface area contributed by atoms with Gasteiger partial charge >= 0.3 is 0 Å². The zero-order chi connectivity index (χ0) is 18.9. The summed E-state index contributed by atoms with van der Waals surface area (Å²) in [7, 11) is 5.18. The fraction of sp³-hybridized carbons (Fsp3) is 0.600. The van der Waals surface area contributed by atoms with E-state index in [4.69, 9.17) is 9.73 Å². The third-order valence-electron chi connectivity index (χ3n) is 4.89. The Morgan fingerprint density at radius 3 is 2.77 bits per heavy atom. The molecule has 0 aromatic heterocycles. The molecule has 2 atom stereocenters. The van der Waals surface area contributed by atoms with E-state index < -0.39 is 0 Å². The Bertz CT molecular complexity index is 616. The van der Waals surface area contributed by atoms with E-state index in [9.17, 15) is 4.79 Å². The zero-order valence-electron chi connectivity index (χ0n) is 16.4. The first kappa shape index (κ1) is 20.1. The average Bonchev–Trinajstić information content (AvgIpc) is 2.65. The van der Waals surface area contributed by atoms with Crippen molar-refractivity contribution in [3.05, 3.63) is 29.8 Å². The van der Waals surface area contributed by atoms with Gasteiger partial charge in [-0.2, -0.15) is 0 Å². The molecule has 1 aromatic carbocycles. The molecule has 1 aliphatic carbocycles. The second kappa shape index (κ2) is 10.0. The second-order valence-corrected chi connectivity index (χ2v) is 7.17. The van der Waals surface area contributed by atoms with Crippen LogP contribution in [0.2, 0.25) is 0 Å². The third kappa shape index (κ3) is 6.24. The van der Waals surface area contributed by atoms with Gasteiger partial charge < -0.3 is 20.3 Å². The van der Waals surface area contributed by atoms with E-state index in [0.717, 1.165) is 17.7 Å². The van der Waals surface area contributed by atoms with Crippen LogP contribution in [0.4, 0.5) is 0 Å². The Morgan fingerprint density at radius 2 is 2.08 bits per heavy atom. The molecular formula is C20H32N4O2. The van der Waals surface area contributed by atoms with Gasteiger partial charge in [-0.3, -0.25) is 4.79 Å². The van der Waals surface area contributed by atoms with Crippen molar-refractivity contribution in [2.24, 2.45) is 10.9 Å². The molecule has 2 rings (SSSR count).